The minimum atomic E-state index is -1.56. The maximum atomic E-state index is 13.1. The zero-order chi connectivity index (χ0) is 32.2. The Kier molecular flexibility index (Phi) is 8.55. The van der Waals surface area contributed by atoms with Gasteiger partial charge in [0.1, 0.15) is 12.1 Å². The number of benzene rings is 2. The minimum absolute atomic E-state index is 0.00446. The summed E-state index contributed by atoms with van der Waals surface area (Å²) in [6.07, 6.45) is 1.68. The lowest BCUT2D eigenvalue weighted by atomic mass is 10.0. The van der Waals surface area contributed by atoms with E-state index in [0.29, 0.717) is 30.7 Å². The molecule has 0 saturated carbocycles. The van der Waals surface area contributed by atoms with E-state index in [1.807, 2.05) is 0 Å². The number of aliphatic carboxylic acids is 2. The lowest BCUT2D eigenvalue weighted by molar-refractivity contribution is -0.141. The predicted molar refractivity (Wildman–Crippen MR) is 161 cm³/mol. The van der Waals surface area contributed by atoms with E-state index in [2.05, 4.69) is 35.5 Å². The lowest BCUT2D eigenvalue weighted by Crippen LogP contribution is -2.46. The second kappa shape index (κ2) is 12.7. The number of fused-ring (bicyclic) bond motifs is 2. The van der Waals surface area contributed by atoms with Gasteiger partial charge in [-0.25, -0.2) is 24.4 Å². The van der Waals surface area contributed by atoms with Crippen LogP contribution in [-0.4, -0.2) is 79.7 Å². The molecular formula is C29H29N9O7. The number of aromatic nitrogens is 4. The number of amides is 1. The van der Waals surface area contributed by atoms with Crippen LogP contribution in [0.5, 0.6) is 0 Å². The van der Waals surface area contributed by atoms with Crippen molar-refractivity contribution in [2.24, 2.45) is 0 Å². The maximum absolute atomic E-state index is 13.1. The minimum Gasteiger partial charge on any atom is -0.480 e. The smallest absolute Gasteiger partial charge is 0.339 e. The summed E-state index contributed by atoms with van der Waals surface area (Å²) >= 11 is 0. The van der Waals surface area contributed by atoms with E-state index in [-0.39, 0.29) is 34.2 Å². The van der Waals surface area contributed by atoms with Gasteiger partial charge in [0.25, 0.3) is 5.91 Å². The zero-order valence-corrected chi connectivity index (χ0v) is 23.9. The molecule has 1 aliphatic heterocycles. The first-order valence-electron chi connectivity index (χ1n) is 13.7. The normalized spacial score (nSPS) is 13.5. The Morgan fingerprint density at radius 1 is 1.02 bits per heavy atom. The molecule has 5 rings (SSSR count). The van der Waals surface area contributed by atoms with Crippen LogP contribution in [-0.2, 0) is 27.3 Å². The Morgan fingerprint density at radius 3 is 2.51 bits per heavy atom. The van der Waals surface area contributed by atoms with Crippen LogP contribution >= 0.6 is 0 Å². The summed E-state index contributed by atoms with van der Waals surface area (Å²) in [6, 6.07) is 8.04. The predicted octanol–water partition coefficient (Wildman–Crippen LogP) is 1.07. The molecule has 16 nitrogen and oxygen atoms in total. The Morgan fingerprint density at radius 2 is 1.78 bits per heavy atom. The number of nitrogens with one attached hydrogen (secondary N) is 2. The van der Waals surface area contributed by atoms with Crippen molar-refractivity contribution < 1.29 is 34.1 Å². The molecule has 2 aromatic carbocycles. The van der Waals surface area contributed by atoms with E-state index in [0.717, 1.165) is 11.3 Å². The molecule has 2 aromatic heterocycles. The van der Waals surface area contributed by atoms with Gasteiger partial charge in [-0.15, -0.1) is 0 Å². The molecule has 0 aliphatic carbocycles. The van der Waals surface area contributed by atoms with E-state index in [1.165, 1.54) is 19.2 Å². The molecule has 3 heterocycles. The molecule has 1 unspecified atom stereocenters. The number of nitrogen functional groups attached to an aromatic ring is 2. The number of rotatable bonds is 11. The van der Waals surface area contributed by atoms with E-state index in [9.17, 15) is 29.4 Å². The maximum Gasteiger partial charge on any atom is 0.339 e. The van der Waals surface area contributed by atoms with Gasteiger partial charge in [-0.2, -0.15) is 9.97 Å². The van der Waals surface area contributed by atoms with Crippen molar-refractivity contribution in [3.63, 3.8) is 0 Å². The number of carbonyl (C=O) groups excluding carboxylic acids is 2. The van der Waals surface area contributed by atoms with Crippen LogP contribution in [0.1, 0.15) is 38.4 Å². The van der Waals surface area contributed by atoms with Crippen LogP contribution in [0.15, 0.2) is 48.7 Å². The number of hydrogen-bond acceptors (Lipinski definition) is 13. The van der Waals surface area contributed by atoms with Crippen LogP contribution in [0.3, 0.4) is 0 Å². The topological polar surface area (TPSA) is 249 Å². The zero-order valence-electron chi connectivity index (χ0n) is 23.9. The first-order chi connectivity index (χ1) is 21.5. The standard InChI is InChI=1S/C29H29N9O7/c1-45-28(44)17-4-2-3-5-18(17)34-19(26(40)41)11-20(27(42)43)35-25(39)15-6-7-21-14(10-15)8-9-38(21)13-16-12-32-24-22(33-16)23(30)36-29(31)37-24/h2-7,10,12,19-20,34H,8-9,11,13H2,1H3,(H,35,39)(H,40,41)(H,42,43)(H4,30,31,32,36,37)/t19?,20-/m0/s1. The molecule has 2 atom stereocenters. The number of carboxylic acid groups (broad SMARTS) is 2. The average molecular weight is 616 g/mol. The summed E-state index contributed by atoms with van der Waals surface area (Å²) in [5, 5.41) is 24.7. The van der Waals surface area contributed by atoms with Gasteiger partial charge in [-0.05, 0) is 42.3 Å². The van der Waals surface area contributed by atoms with Crippen LogP contribution in [0.2, 0.25) is 0 Å². The van der Waals surface area contributed by atoms with Crippen LogP contribution in [0, 0.1) is 0 Å². The van der Waals surface area contributed by atoms with Gasteiger partial charge in [-0.1, -0.05) is 12.1 Å². The summed E-state index contributed by atoms with van der Waals surface area (Å²) in [7, 11) is 1.18. The molecule has 0 saturated heterocycles. The van der Waals surface area contributed by atoms with Gasteiger partial charge in [0, 0.05) is 29.9 Å². The van der Waals surface area contributed by atoms with Crippen molar-refractivity contribution in [1.29, 1.82) is 0 Å². The van der Waals surface area contributed by atoms with Crippen molar-refractivity contribution in [1.82, 2.24) is 25.3 Å². The Bertz CT molecular complexity index is 1820. The molecule has 4 aromatic rings. The highest BCUT2D eigenvalue weighted by atomic mass is 16.5. The number of anilines is 4. The molecule has 0 bridgehead atoms. The van der Waals surface area contributed by atoms with E-state index < -0.39 is 42.3 Å². The number of carbonyl (C=O) groups is 4. The van der Waals surface area contributed by atoms with Crippen molar-refractivity contribution in [2.75, 3.05) is 35.3 Å². The number of esters is 1. The van der Waals surface area contributed by atoms with E-state index >= 15 is 0 Å². The summed E-state index contributed by atoms with van der Waals surface area (Å²) in [4.78, 5) is 68.2. The number of nitrogens with two attached hydrogens (primary N) is 2. The van der Waals surface area contributed by atoms with Crippen LogP contribution in [0.4, 0.5) is 23.1 Å². The average Bonchev–Trinajstić information content (AvgIpc) is 3.41. The fraction of sp³-hybridized carbons (Fsp3) is 0.241. The Labute approximate surface area is 255 Å². The van der Waals surface area contributed by atoms with Crippen molar-refractivity contribution in [3.05, 3.63) is 71.0 Å². The number of hydrogen-bond donors (Lipinski definition) is 6. The third kappa shape index (κ3) is 6.64. The first-order valence-corrected chi connectivity index (χ1v) is 13.7. The SMILES string of the molecule is COC(=O)c1ccccc1NC(C[C@H](NC(=O)c1ccc2c(c1)CCN2Cc1cnc2nc(N)nc(N)c2n1)C(=O)O)C(=O)O. The Balaban J connectivity index is 1.28. The third-order valence-electron chi connectivity index (χ3n) is 7.22. The number of nitrogens with zero attached hydrogens (tertiary/aromatic N) is 5. The highest BCUT2D eigenvalue weighted by Crippen LogP contribution is 2.30. The summed E-state index contributed by atoms with van der Waals surface area (Å²) < 4.78 is 4.73. The van der Waals surface area contributed by atoms with Gasteiger partial charge in [0.15, 0.2) is 17.0 Å². The van der Waals surface area contributed by atoms with Crippen molar-refractivity contribution in [2.45, 2.75) is 31.5 Å². The highest BCUT2D eigenvalue weighted by molar-refractivity contribution is 5.98. The summed E-state index contributed by atoms with van der Waals surface area (Å²) in [6.45, 7) is 1.03. The number of para-hydroxylation sites is 1. The number of carboxylic acids is 2. The third-order valence-corrected chi connectivity index (χ3v) is 7.22. The second-order valence-corrected chi connectivity index (χ2v) is 10.2. The van der Waals surface area contributed by atoms with Gasteiger partial charge >= 0.3 is 17.9 Å². The van der Waals surface area contributed by atoms with Gasteiger partial charge in [0.05, 0.1) is 31.1 Å². The van der Waals surface area contributed by atoms with Gasteiger partial charge < -0.3 is 42.0 Å². The molecule has 1 aliphatic rings. The van der Waals surface area contributed by atoms with E-state index in [4.69, 9.17) is 16.2 Å². The monoisotopic (exact) mass is 615 g/mol. The number of ether oxygens (including phenoxy) is 1. The molecule has 0 spiro atoms. The number of methoxy groups -OCH3 is 1. The fourth-order valence-corrected chi connectivity index (χ4v) is 5.03. The van der Waals surface area contributed by atoms with Crippen LogP contribution in [0.25, 0.3) is 11.2 Å². The van der Waals surface area contributed by atoms with Gasteiger partial charge in [0.2, 0.25) is 5.95 Å². The van der Waals surface area contributed by atoms with Gasteiger partial charge in [-0.3, -0.25) is 4.79 Å². The molecule has 8 N–H and O–H groups in total. The highest BCUT2D eigenvalue weighted by Gasteiger charge is 2.30. The van der Waals surface area contributed by atoms with Crippen molar-refractivity contribution in [3.8, 4) is 0 Å². The lowest BCUT2D eigenvalue weighted by Gasteiger charge is -2.22. The van der Waals surface area contributed by atoms with Crippen molar-refractivity contribution >= 4 is 58.1 Å². The largest absolute Gasteiger partial charge is 0.480 e. The van der Waals surface area contributed by atoms with Crippen LogP contribution < -0.4 is 27.0 Å². The molecule has 0 fully saturated rings. The summed E-state index contributed by atoms with van der Waals surface area (Å²) in [5.74, 6) is -4.04. The first kappa shape index (κ1) is 30.4. The Hall–Kier alpha value is -6.06. The molecule has 16 heteroatoms. The molecule has 1 amide bonds. The molecular weight excluding hydrogens is 586 g/mol. The molecule has 232 valence electrons. The molecule has 45 heavy (non-hydrogen) atoms. The fourth-order valence-electron chi connectivity index (χ4n) is 5.03. The van der Waals surface area contributed by atoms with E-state index in [1.54, 1.807) is 36.5 Å². The molecule has 0 radical (unpaired) electrons. The second-order valence-electron chi connectivity index (χ2n) is 10.2. The quantitative estimate of drug-likeness (QED) is 0.129. The summed E-state index contributed by atoms with van der Waals surface area (Å²) in [5.41, 5.74) is 15.0.